The van der Waals surface area contributed by atoms with Crippen LogP contribution in [0, 0.1) is 0 Å². The molecule has 2 heterocycles. The molecule has 1 aromatic heterocycles. The zero-order chi connectivity index (χ0) is 12.5. The van der Waals surface area contributed by atoms with Crippen molar-refractivity contribution in [2.75, 3.05) is 6.54 Å². The van der Waals surface area contributed by atoms with Crippen LogP contribution >= 0.6 is 0 Å². The first-order chi connectivity index (χ1) is 8.74. The van der Waals surface area contributed by atoms with E-state index in [1.165, 1.54) is 5.56 Å². The molecule has 0 unspecified atom stereocenters. The Bertz CT molecular complexity index is 578. The highest BCUT2D eigenvalue weighted by Crippen LogP contribution is 2.23. The largest absolute Gasteiger partial charge is 0.508 e. The topological polar surface area (TPSA) is 69.2 Å². The summed E-state index contributed by atoms with van der Waals surface area (Å²) in [6.45, 7) is 1.22. The number of H-pyrrole nitrogens is 1. The molecule has 92 valence electrons. The van der Waals surface area contributed by atoms with E-state index >= 15 is 0 Å². The Hall–Kier alpha value is -2.30. The summed E-state index contributed by atoms with van der Waals surface area (Å²) in [5.41, 5.74) is 2.70. The number of carbonyl (C=O) groups is 1. The van der Waals surface area contributed by atoms with Crippen LogP contribution in [-0.4, -0.2) is 32.7 Å². The van der Waals surface area contributed by atoms with Crippen LogP contribution in [0.4, 0.5) is 0 Å². The van der Waals surface area contributed by atoms with E-state index in [0.29, 0.717) is 18.8 Å². The molecule has 2 N–H and O–H groups in total. The van der Waals surface area contributed by atoms with E-state index in [2.05, 4.69) is 10.2 Å². The molecule has 1 aliphatic heterocycles. The fraction of sp³-hybridized carbons (Fsp3) is 0.231. The Labute approximate surface area is 104 Å². The van der Waals surface area contributed by atoms with Crippen molar-refractivity contribution in [2.24, 2.45) is 0 Å². The number of aromatic hydroxyl groups is 1. The fourth-order valence-electron chi connectivity index (χ4n) is 2.26. The average Bonchev–Trinajstić information content (AvgIpc) is 2.90. The monoisotopic (exact) mass is 243 g/mol. The molecule has 1 aromatic carbocycles. The van der Waals surface area contributed by atoms with Crippen LogP contribution in [0.15, 0.2) is 30.5 Å². The Morgan fingerprint density at radius 1 is 1.33 bits per heavy atom. The summed E-state index contributed by atoms with van der Waals surface area (Å²) in [5, 5.41) is 15.9. The van der Waals surface area contributed by atoms with Gasteiger partial charge >= 0.3 is 0 Å². The minimum absolute atomic E-state index is 0.0542. The van der Waals surface area contributed by atoms with Gasteiger partial charge in [-0.2, -0.15) is 5.10 Å². The Morgan fingerprint density at radius 2 is 2.22 bits per heavy atom. The fourth-order valence-corrected chi connectivity index (χ4v) is 2.26. The molecule has 18 heavy (non-hydrogen) atoms. The molecule has 5 nitrogen and oxygen atoms in total. The number of phenols is 1. The van der Waals surface area contributed by atoms with E-state index in [1.54, 1.807) is 29.3 Å². The molecule has 0 aliphatic carbocycles. The maximum atomic E-state index is 12.1. The molecule has 0 saturated heterocycles. The lowest BCUT2D eigenvalue weighted by atomic mass is 9.99. The van der Waals surface area contributed by atoms with Crippen LogP contribution in [0.25, 0.3) is 0 Å². The maximum absolute atomic E-state index is 12.1. The lowest BCUT2D eigenvalue weighted by Gasteiger charge is -2.28. The number of aromatic nitrogens is 2. The lowest BCUT2D eigenvalue weighted by Crippen LogP contribution is -2.36. The van der Waals surface area contributed by atoms with Gasteiger partial charge in [-0.25, -0.2) is 0 Å². The van der Waals surface area contributed by atoms with Gasteiger partial charge in [-0.15, -0.1) is 0 Å². The molecule has 2 aromatic rings. The molecule has 5 heteroatoms. The molecule has 1 amide bonds. The predicted octanol–water partition coefficient (Wildman–Crippen LogP) is 1.31. The van der Waals surface area contributed by atoms with Gasteiger partial charge in [-0.3, -0.25) is 9.89 Å². The molecule has 0 atom stereocenters. The number of carbonyl (C=O) groups excluding carboxylic acids is 1. The summed E-state index contributed by atoms with van der Waals surface area (Å²) >= 11 is 0. The second-order valence-electron chi connectivity index (χ2n) is 4.40. The molecule has 0 spiro atoms. The summed E-state index contributed by atoms with van der Waals surface area (Å²) in [7, 11) is 0. The second kappa shape index (κ2) is 4.18. The summed E-state index contributed by atoms with van der Waals surface area (Å²) in [4.78, 5) is 13.9. The number of rotatable bonds is 1. The van der Waals surface area contributed by atoms with E-state index in [-0.39, 0.29) is 11.7 Å². The van der Waals surface area contributed by atoms with Crippen molar-refractivity contribution in [2.45, 2.75) is 13.0 Å². The van der Waals surface area contributed by atoms with Crippen molar-refractivity contribution in [3.63, 3.8) is 0 Å². The number of amides is 1. The van der Waals surface area contributed by atoms with Gasteiger partial charge in [0, 0.05) is 19.3 Å². The van der Waals surface area contributed by atoms with Crippen molar-refractivity contribution in [1.29, 1.82) is 0 Å². The number of benzene rings is 1. The van der Waals surface area contributed by atoms with Gasteiger partial charge in [0.2, 0.25) is 0 Å². The first-order valence-corrected chi connectivity index (χ1v) is 5.83. The third-order valence-electron chi connectivity index (χ3n) is 3.22. The molecule has 3 rings (SSSR count). The van der Waals surface area contributed by atoms with Crippen LogP contribution in [0.3, 0.4) is 0 Å². The first kappa shape index (κ1) is 10.8. The average molecular weight is 243 g/mol. The number of nitrogens with zero attached hydrogens (tertiary/aromatic N) is 2. The van der Waals surface area contributed by atoms with Gasteiger partial charge in [-0.05, 0) is 35.7 Å². The van der Waals surface area contributed by atoms with Crippen molar-refractivity contribution < 1.29 is 9.90 Å². The minimum Gasteiger partial charge on any atom is -0.508 e. The van der Waals surface area contributed by atoms with Gasteiger partial charge < -0.3 is 10.0 Å². The van der Waals surface area contributed by atoms with Crippen molar-refractivity contribution in [1.82, 2.24) is 15.1 Å². The van der Waals surface area contributed by atoms with E-state index in [0.717, 1.165) is 12.0 Å². The normalized spacial score (nSPS) is 14.3. The SMILES string of the molecule is O=C(c1ccn[nH]1)N1CCc2ccc(O)cc2C1. The van der Waals surface area contributed by atoms with Crippen molar-refractivity contribution in [3.05, 3.63) is 47.3 Å². The highest BCUT2D eigenvalue weighted by molar-refractivity contribution is 5.92. The summed E-state index contributed by atoms with van der Waals surface area (Å²) in [5.74, 6) is 0.186. The Morgan fingerprint density at radius 3 is 3.00 bits per heavy atom. The number of hydrogen-bond acceptors (Lipinski definition) is 3. The van der Waals surface area contributed by atoms with E-state index < -0.39 is 0 Å². The second-order valence-corrected chi connectivity index (χ2v) is 4.40. The number of phenolic OH excluding ortho intramolecular Hbond substituents is 1. The first-order valence-electron chi connectivity index (χ1n) is 5.83. The van der Waals surface area contributed by atoms with E-state index in [4.69, 9.17) is 0 Å². The molecular formula is C13H13N3O2. The molecule has 1 aliphatic rings. The number of hydrogen-bond donors (Lipinski definition) is 2. The van der Waals surface area contributed by atoms with Gasteiger partial charge in [0.1, 0.15) is 11.4 Å². The Kier molecular flexibility index (Phi) is 2.51. The van der Waals surface area contributed by atoms with E-state index in [9.17, 15) is 9.90 Å². The number of fused-ring (bicyclic) bond motifs is 1. The summed E-state index contributed by atoms with van der Waals surface area (Å²) < 4.78 is 0. The highest BCUT2D eigenvalue weighted by Gasteiger charge is 2.22. The van der Waals surface area contributed by atoms with Crippen LogP contribution < -0.4 is 0 Å². The third-order valence-corrected chi connectivity index (χ3v) is 3.22. The molecule has 0 saturated carbocycles. The zero-order valence-electron chi connectivity index (χ0n) is 9.76. The lowest BCUT2D eigenvalue weighted by molar-refractivity contribution is 0.0728. The highest BCUT2D eigenvalue weighted by atomic mass is 16.3. The van der Waals surface area contributed by atoms with Crippen molar-refractivity contribution in [3.8, 4) is 5.75 Å². The van der Waals surface area contributed by atoms with E-state index in [1.807, 2.05) is 6.07 Å². The quantitative estimate of drug-likeness (QED) is 0.793. The smallest absolute Gasteiger partial charge is 0.272 e. The third kappa shape index (κ3) is 1.84. The van der Waals surface area contributed by atoms with Crippen molar-refractivity contribution >= 4 is 5.91 Å². The van der Waals surface area contributed by atoms with Crippen LogP contribution in [0.2, 0.25) is 0 Å². The van der Waals surface area contributed by atoms with Gasteiger partial charge in [0.15, 0.2) is 0 Å². The number of aromatic amines is 1. The van der Waals surface area contributed by atoms with Gasteiger partial charge in [0.05, 0.1) is 0 Å². The van der Waals surface area contributed by atoms with Crippen LogP contribution in [0.5, 0.6) is 5.75 Å². The maximum Gasteiger partial charge on any atom is 0.272 e. The predicted molar refractivity (Wildman–Crippen MR) is 65.1 cm³/mol. The molecule has 0 radical (unpaired) electrons. The van der Waals surface area contributed by atoms with Gasteiger partial charge in [0.25, 0.3) is 5.91 Å². The molecule has 0 fully saturated rings. The van der Waals surface area contributed by atoms with Gasteiger partial charge in [-0.1, -0.05) is 6.07 Å². The minimum atomic E-state index is -0.0542. The standard InChI is InChI=1S/C13H13N3O2/c17-11-2-1-9-4-6-16(8-10(9)7-11)13(18)12-3-5-14-15-12/h1-3,5,7,17H,4,6,8H2,(H,14,15). The Balaban J connectivity index is 1.84. The van der Waals surface area contributed by atoms with Crippen LogP contribution in [0.1, 0.15) is 21.6 Å². The molecule has 0 bridgehead atoms. The molecular weight excluding hydrogens is 230 g/mol. The summed E-state index contributed by atoms with van der Waals surface area (Å²) in [6.07, 6.45) is 2.38. The number of nitrogens with one attached hydrogen (secondary N) is 1. The summed E-state index contributed by atoms with van der Waals surface area (Å²) in [6, 6.07) is 7.00. The zero-order valence-corrected chi connectivity index (χ0v) is 9.76. The van der Waals surface area contributed by atoms with Crippen LogP contribution in [-0.2, 0) is 13.0 Å².